The molecule has 150 valence electrons. The zero-order chi connectivity index (χ0) is 20.1. The van der Waals surface area contributed by atoms with Gasteiger partial charge in [0.05, 0.1) is 12.0 Å². The molecule has 2 aromatic rings. The van der Waals surface area contributed by atoms with Crippen LogP contribution in [0.5, 0.6) is 5.75 Å². The van der Waals surface area contributed by atoms with E-state index in [1.54, 1.807) is 31.4 Å². The Labute approximate surface area is 166 Å². The van der Waals surface area contributed by atoms with E-state index < -0.39 is 16.1 Å². The predicted molar refractivity (Wildman–Crippen MR) is 108 cm³/mol. The molecule has 1 atom stereocenters. The number of rotatable bonds is 7. The highest BCUT2D eigenvalue weighted by molar-refractivity contribution is 7.89. The molecule has 1 amide bonds. The minimum Gasteiger partial charge on any atom is -0.497 e. The van der Waals surface area contributed by atoms with Gasteiger partial charge in [-0.1, -0.05) is 29.8 Å². The van der Waals surface area contributed by atoms with Crippen molar-refractivity contribution < 1.29 is 17.9 Å². The largest absolute Gasteiger partial charge is 0.497 e. The number of hydrogen-bond donors (Lipinski definition) is 1. The first kappa shape index (κ1) is 20.4. The standard InChI is InChI=1S/C21H26N2O4S/c1-16-5-11-19(12-6-16)28(25,26)23-15-3-4-20(23)21(24)22-14-13-17-7-9-18(27-2)10-8-17/h5-12,20H,3-4,13-15H2,1-2H3,(H,22,24)/t20-/m1/s1. The van der Waals surface area contributed by atoms with Gasteiger partial charge in [-0.3, -0.25) is 4.79 Å². The van der Waals surface area contributed by atoms with Crippen LogP contribution in [-0.2, 0) is 21.2 Å². The molecule has 0 unspecified atom stereocenters. The molecular weight excluding hydrogens is 376 g/mol. The van der Waals surface area contributed by atoms with Gasteiger partial charge in [0.15, 0.2) is 0 Å². The second-order valence-electron chi connectivity index (χ2n) is 6.98. The molecule has 1 fully saturated rings. The van der Waals surface area contributed by atoms with Gasteiger partial charge in [-0.2, -0.15) is 4.31 Å². The van der Waals surface area contributed by atoms with Crippen LogP contribution in [0.25, 0.3) is 0 Å². The van der Waals surface area contributed by atoms with E-state index in [4.69, 9.17) is 4.74 Å². The van der Waals surface area contributed by atoms with Crippen LogP contribution in [0.15, 0.2) is 53.4 Å². The van der Waals surface area contributed by atoms with Gasteiger partial charge in [0, 0.05) is 13.1 Å². The molecule has 0 aliphatic carbocycles. The highest BCUT2D eigenvalue weighted by Crippen LogP contribution is 2.26. The summed E-state index contributed by atoms with van der Waals surface area (Å²) in [6.07, 6.45) is 1.90. The fourth-order valence-corrected chi connectivity index (χ4v) is 5.03. The second-order valence-corrected chi connectivity index (χ2v) is 8.87. The van der Waals surface area contributed by atoms with E-state index >= 15 is 0 Å². The molecule has 1 aliphatic heterocycles. The number of amides is 1. The number of carbonyl (C=O) groups excluding carboxylic acids is 1. The molecule has 0 spiro atoms. The minimum atomic E-state index is -3.68. The molecule has 1 aliphatic rings. The number of nitrogens with zero attached hydrogens (tertiary/aromatic N) is 1. The number of sulfonamides is 1. The van der Waals surface area contributed by atoms with Crippen molar-refractivity contribution in [2.45, 2.75) is 37.1 Å². The lowest BCUT2D eigenvalue weighted by molar-refractivity contribution is -0.124. The zero-order valence-electron chi connectivity index (χ0n) is 16.2. The fourth-order valence-electron chi connectivity index (χ4n) is 3.38. The van der Waals surface area contributed by atoms with Gasteiger partial charge in [0.2, 0.25) is 15.9 Å². The third-order valence-corrected chi connectivity index (χ3v) is 6.93. The molecule has 7 heteroatoms. The van der Waals surface area contributed by atoms with Crippen LogP contribution in [-0.4, -0.2) is 44.9 Å². The first-order valence-electron chi connectivity index (χ1n) is 9.41. The van der Waals surface area contributed by atoms with Crippen LogP contribution >= 0.6 is 0 Å². The molecule has 2 aromatic carbocycles. The smallest absolute Gasteiger partial charge is 0.243 e. The summed E-state index contributed by atoms with van der Waals surface area (Å²) < 4.78 is 32.4. The highest BCUT2D eigenvalue weighted by Gasteiger charge is 2.39. The van der Waals surface area contributed by atoms with E-state index in [9.17, 15) is 13.2 Å². The van der Waals surface area contributed by atoms with Crippen LogP contribution < -0.4 is 10.1 Å². The summed E-state index contributed by atoms with van der Waals surface area (Å²) in [4.78, 5) is 12.9. The Hall–Kier alpha value is -2.38. The normalized spacial score (nSPS) is 17.4. The van der Waals surface area contributed by atoms with Gasteiger partial charge in [0.25, 0.3) is 0 Å². The molecule has 1 saturated heterocycles. The molecule has 28 heavy (non-hydrogen) atoms. The maximum Gasteiger partial charge on any atom is 0.243 e. The van der Waals surface area contributed by atoms with Gasteiger partial charge in [-0.15, -0.1) is 0 Å². The van der Waals surface area contributed by atoms with E-state index in [1.807, 2.05) is 31.2 Å². The number of aryl methyl sites for hydroxylation is 1. The third-order valence-electron chi connectivity index (χ3n) is 5.01. The SMILES string of the molecule is COc1ccc(CCNC(=O)[C@H]2CCCN2S(=O)(=O)c2ccc(C)cc2)cc1. The highest BCUT2D eigenvalue weighted by atomic mass is 32.2. The van der Waals surface area contributed by atoms with Gasteiger partial charge in [0.1, 0.15) is 11.8 Å². The van der Waals surface area contributed by atoms with Crippen LogP contribution in [0.2, 0.25) is 0 Å². The molecule has 6 nitrogen and oxygen atoms in total. The van der Waals surface area contributed by atoms with Gasteiger partial charge in [-0.05, 0) is 56.0 Å². The molecule has 1 N–H and O–H groups in total. The maximum absolute atomic E-state index is 13.0. The number of benzene rings is 2. The lowest BCUT2D eigenvalue weighted by Gasteiger charge is -2.23. The van der Waals surface area contributed by atoms with E-state index in [-0.39, 0.29) is 10.8 Å². The summed E-state index contributed by atoms with van der Waals surface area (Å²) in [5.41, 5.74) is 2.07. The van der Waals surface area contributed by atoms with Crippen molar-refractivity contribution in [3.05, 3.63) is 59.7 Å². The molecule has 0 radical (unpaired) electrons. The van der Waals surface area contributed by atoms with Crippen molar-refractivity contribution in [3.63, 3.8) is 0 Å². The Morgan fingerprint density at radius 2 is 1.82 bits per heavy atom. The molecule has 0 bridgehead atoms. The molecule has 0 saturated carbocycles. The monoisotopic (exact) mass is 402 g/mol. The van der Waals surface area contributed by atoms with Crippen LogP contribution in [0.1, 0.15) is 24.0 Å². The van der Waals surface area contributed by atoms with Crippen molar-refractivity contribution in [2.75, 3.05) is 20.2 Å². The van der Waals surface area contributed by atoms with Crippen LogP contribution in [0, 0.1) is 6.92 Å². The molecular formula is C21H26N2O4S. The van der Waals surface area contributed by atoms with Gasteiger partial charge >= 0.3 is 0 Å². The Kier molecular flexibility index (Phi) is 6.36. The van der Waals surface area contributed by atoms with Crippen molar-refractivity contribution >= 4 is 15.9 Å². The number of nitrogens with one attached hydrogen (secondary N) is 1. The molecule has 0 aromatic heterocycles. The summed E-state index contributed by atoms with van der Waals surface area (Å²) in [7, 11) is -2.06. The first-order valence-corrected chi connectivity index (χ1v) is 10.8. The average Bonchev–Trinajstić information content (AvgIpc) is 3.20. The number of hydrogen-bond acceptors (Lipinski definition) is 4. The number of carbonyl (C=O) groups is 1. The fraction of sp³-hybridized carbons (Fsp3) is 0.381. The number of ether oxygens (including phenoxy) is 1. The van der Waals surface area contributed by atoms with Crippen LogP contribution in [0.3, 0.4) is 0 Å². The Morgan fingerprint density at radius 1 is 1.14 bits per heavy atom. The Bertz CT molecular complexity index is 908. The topological polar surface area (TPSA) is 75.7 Å². The summed E-state index contributed by atoms with van der Waals surface area (Å²) in [6.45, 7) is 2.73. The quantitative estimate of drug-likeness (QED) is 0.772. The van der Waals surface area contributed by atoms with E-state index in [2.05, 4.69) is 5.32 Å². The van der Waals surface area contributed by atoms with Gasteiger partial charge < -0.3 is 10.1 Å². The predicted octanol–water partition coefficient (Wildman–Crippen LogP) is 2.52. The van der Waals surface area contributed by atoms with Crippen molar-refractivity contribution in [3.8, 4) is 5.75 Å². The molecule has 3 rings (SSSR count). The van der Waals surface area contributed by atoms with Crippen molar-refractivity contribution in [2.24, 2.45) is 0 Å². The summed E-state index contributed by atoms with van der Waals surface area (Å²) in [6, 6.07) is 13.8. The van der Waals surface area contributed by atoms with Crippen molar-refractivity contribution in [1.82, 2.24) is 9.62 Å². The Balaban J connectivity index is 1.61. The summed E-state index contributed by atoms with van der Waals surface area (Å²) >= 11 is 0. The number of methoxy groups -OCH3 is 1. The zero-order valence-corrected chi connectivity index (χ0v) is 17.0. The average molecular weight is 403 g/mol. The first-order chi connectivity index (χ1) is 13.4. The van der Waals surface area contributed by atoms with E-state index in [0.29, 0.717) is 32.4 Å². The van der Waals surface area contributed by atoms with Crippen molar-refractivity contribution in [1.29, 1.82) is 0 Å². The maximum atomic E-state index is 13.0. The van der Waals surface area contributed by atoms with Crippen LogP contribution in [0.4, 0.5) is 0 Å². The lowest BCUT2D eigenvalue weighted by Crippen LogP contribution is -2.46. The van der Waals surface area contributed by atoms with Gasteiger partial charge in [-0.25, -0.2) is 8.42 Å². The molecule has 1 heterocycles. The lowest BCUT2D eigenvalue weighted by atomic mass is 10.1. The minimum absolute atomic E-state index is 0.232. The summed E-state index contributed by atoms with van der Waals surface area (Å²) in [5, 5.41) is 2.89. The van der Waals surface area contributed by atoms with E-state index in [0.717, 1.165) is 16.9 Å². The second kappa shape index (κ2) is 8.75. The van der Waals surface area contributed by atoms with E-state index in [1.165, 1.54) is 4.31 Å². The summed E-state index contributed by atoms with van der Waals surface area (Å²) in [5.74, 6) is 0.553. The Morgan fingerprint density at radius 3 is 2.46 bits per heavy atom. The third kappa shape index (κ3) is 4.54.